The summed E-state index contributed by atoms with van der Waals surface area (Å²) in [5.41, 5.74) is 3.41. The maximum atomic E-state index is 15.8. The van der Waals surface area contributed by atoms with E-state index in [0.717, 1.165) is 55.2 Å². The molecule has 198 valence electrons. The average molecular weight is 514 g/mol. The number of H-pyrrole nitrogens is 1. The molecule has 1 aromatic heterocycles. The fourth-order valence-corrected chi connectivity index (χ4v) is 7.25. The highest BCUT2D eigenvalue weighted by Crippen LogP contribution is 2.49. The first-order valence-corrected chi connectivity index (χ1v) is 13.6. The number of hydrogen-bond acceptors (Lipinski definition) is 2. The Morgan fingerprint density at radius 2 is 1.65 bits per heavy atom. The van der Waals surface area contributed by atoms with Crippen molar-refractivity contribution >= 4 is 10.9 Å². The predicted octanol–water partition coefficient (Wildman–Crippen LogP) is 7.03. The number of piperidine rings is 1. The molecule has 2 aromatic carbocycles. The minimum absolute atomic E-state index is 0.125. The molecule has 1 atom stereocenters. The molecule has 1 aliphatic carbocycles. The van der Waals surface area contributed by atoms with E-state index in [2.05, 4.69) is 16.9 Å². The number of hydrogen-bond donors (Lipinski definition) is 1. The molecule has 1 unspecified atom stereocenters. The molecule has 2 fully saturated rings. The van der Waals surface area contributed by atoms with Gasteiger partial charge in [0.15, 0.2) is 0 Å². The van der Waals surface area contributed by atoms with E-state index in [9.17, 15) is 8.78 Å². The van der Waals surface area contributed by atoms with Crippen LogP contribution in [0.5, 0.6) is 0 Å². The third kappa shape index (κ3) is 4.59. The average Bonchev–Trinajstić information content (AvgIpc) is 3.25. The van der Waals surface area contributed by atoms with Crippen molar-refractivity contribution in [2.24, 2.45) is 5.41 Å². The Balaban J connectivity index is 1.32. The maximum absolute atomic E-state index is 15.8. The fourth-order valence-electron chi connectivity index (χ4n) is 7.25. The van der Waals surface area contributed by atoms with Crippen LogP contribution in [0.15, 0.2) is 36.4 Å². The van der Waals surface area contributed by atoms with Crippen molar-refractivity contribution in [2.45, 2.75) is 63.3 Å². The Hall–Kier alpha value is -2.38. The van der Waals surface area contributed by atoms with Crippen LogP contribution in [0.1, 0.15) is 72.9 Å². The lowest BCUT2D eigenvalue weighted by Crippen LogP contribution is -2.40. The van der Waals surface area contributed by atoms with Crippen LogP contribution in [0, 0.1) is 17.0 Å². The van der Waals surface area contributed by atoms with Crippen molar-refractivity contribution in [1.82, 2.24) is 14.8 Å². The highest BCUT2D eigenvalue weighted by atomic mass is 19.3. The summed E-state index contributed by atoms with van der Waals surface area (Å²) in [6, 6.07) is 9.76. The van der Waals surface area contributed by atoms with E-state index in [1.807, 2.05) is 24.3 Å². The standard InChI is InChI=1S/C30H35F4N3/c1-36-14-11-30(12-15-36)9-6-19(7-10-30)20-16-23(31)27(24(32)17-20)29-28-22(8-13-37(29)18-26(33)34)21-4-2-3-5-25(21)35-28/h2-5,16-17,19,26,29,35H,6-15,18H2,1H3. The van der Waals surface area contributed by atoms with Gasteiger partial charge in [-0.3, -0.25) is 4.90 Å². The number of alkyl halides is 2. The van der Waals surface area contributed by atoms with Gasteiger partial charge in [0.25, 0.3) is 6.43 Å². The molecule has 7 heteroatoms. The summed E-state index contributed by atoms with van der Waals surface area (Å²) in [4.78, 5) is 7.21. The van der Waals surface area contributed by atoms with Crippen LogP contribution in [0.4, 0.5) is 17.6 Å². The Morgan fingerprint density at radius 3 is 2.32 bits per heavy atom. The van der Waals surface area contributed by atoms with Gasteiger partial charge < -0.3 is 9.88 Å². The minimum Gasteiger partial charge on any atom is -0.357 e. The van der Waals surface area contributed by atoms with E-state index >= 15 is 8.78 Å². The zero-order valence-electron chi connectivity index (χ0n) is 21.4. The number of aromatic amines is 1. The van der Waals surface area contributed by atoms with E-state index < -0.39 is 30.6 Å². The molecule has 1 spiro atoms. The van der Waals surface area contributed by atoms with Gasteiger partial charge in [0.2, 0.25) is 0 Å². The van der Waals surface area contributed by atoms with E-state index in [1.54, 1.807) is 0 Å². The van der Waals surface area contributed by atoms with Gasteiger partial charge in [0, 0.05) is 28.7 Å². The second-order valence-corrected chi connectivity index (χ2v) is 11.6. The summed E-state index contributed by atoms with van der Waals surface area (Å²) in [6.45, 7) is 2.04. The van der Waals surface area contributed by atoms with Gasteiger partial charge in [-0.2, -0.15) is 0 Å². The molecule has 1 N–H and O–H groups in total. The van der Waals surface area contributed by atoms with Gasteiger partial charge in [-0.1, -0.05) is 18.2 Å². The van der Waals surface area contributed by atoms with E-state index in [0.29, 0.717) is 29.6 Å². The van der Waals surface area contributed by atoms with Gasteiger partial charge in [-0.25, -0.2) is 17.6 Å². The number of nitrogens with zero attached hydrogens (tertiary/aromatic N) is 2. The first kappa shape index (κ1) is 24.9. The summed E-state index contributed by atoms with van der Waals surface area (Å²) in [6.07, 6.45) is 4.44. The molecule has 2 aliphatic heterocycles. The van der Waals surface area contributed by atoms with Crippen LogP contribution in [0.2, 0.25) is 0 Å². The lowest BCUT2D eigenvalue weighted by atomic mass is 9.64. The Bertz CT molecular complexity index is 1240. The minimum atomic E-state index is -2.59. The summed E-state index contributed by atoms with van der Waals surface area (Å²) in [7, 11) is 2.17. The zero-order chi connectivity index (χ0) is 25.7. The summed E-state index contributed by atoms with van der Waals surface area (Å²) in [5.74, 6) is -1.13. The number of likely N-dealkylation sites (tertiary alicyclic amines) is 1. The number of para-hydroxylation sites is 1. The smallest absolute Gasteiger partial charge is 0.251 e. The van der Waals surface area contributed by atoms with Crippen molar-refractivity contribution in [3.63, 3.8) is 0 Å². The summed E-state index contributed by atoms with van der Waals surface area (Å²) in [5, 5.41) is 0.988. The number of fused-ring (bicyclic) bond motifs is 3. The molecule has 0 radical (unpaired) electrons. The van der Waals surface area contributed by atoms with Crippen LogP contribution < -0.4 is 0 Å². The number of benzene rings is 2. The molecule has 1 saturated heterocycles. The Morgan fingerprint density at radius 1 is 0.973 bits per heavy atom. The van der Waals surface area contributed by atoms with Gasteiger partial charge in [-0.05, 0) is 106 Å². The molecule has 3 nitrogen and oxygen atoms in total. The fraction of sp³-hybridized carbons (Fsp3) is 0.533. The first-order valence-electron chi connectivity index (χ1n) is 13.6. The van der Waals surface area contributed by atoms with Crippen molar-refractivity contribution in [3.8, 4) is 0 Å². The predicted molar refractivity (Wildman–Crippen MR) is 138 cm³/mol. The van der Waals surface area contributed by atoms with Crippen molar-refractivity contribution in [2.75, 3.05) is 33.2 Å². The quantitative estimate of drug-likeness (QED) is 0.379. The lowest BCUT2D eigenvalue weighted by molar-refractivity contribution is 0.0678. The molecular weight excluding hydrogens is 478 g/mol. The first-order chi connectivity index (χ1) is 17.8. The molecule has 37 heavy (non-hydrogen) atoms. The van der Waals surface area contributed by atoms with Crippen LogP contribution in [0.25, 0.3) is 10.9 Å². The van der Waals surface area contributed by atoms with Gasteiger partial charge in [0.1, 0.15) is 11.6 Å². The van der Waals surface area contributed by atoms with E-state index in [1.165, 1.54) is 29.9 Å². The molecule has 1 saturated carbocycles. The van der Waals surface area contributed by atoms with Crippen LogP contribution in [0.3, 0.4) is 0 Å². The SMILES string of the molecule is CN1CCC2(CCC(c3cc(F)c(C4c5[nH]c6ccccc6c5CCN4CC(F)F)c(F)c3)CC2)CC1. The lowest BCUT2D eigenvalue weighted by Gasteiger charge is -2.45. The molecular formula is C30H35F4N3. The molecule has 3 aliphatic rings. The van der Waals surface area contributed by atoms with Crippen molar-refractivity contribution in [3.05, 3.63) is 70.4 Å². The number of aromatic nitrogens is 1. The molecule has 6 rings (SSSR count). The topological polar surface area (TPSA) is 22.3 Å². The molecule has 3 heterocycles. The van der Waals surface area contributed by atoms with Crippen LogP contribution in [-0.4, -0.2) is 54.4 Å². The second kappa shape index (κ2) is 9.73. The second-order valence-electron chi connectivity index (χ2n) is 11.6. The highest BCUT2D eigenvalue weighted by Gasteiger charge is 2.39. The van der Waals surface area contributed by atoms with E-state index in [-0.39, 0.29) is 11.5 Å². The Kier molecular flexibility index (Phi) is 6.56. The molecule has 0 amide bonds. The van der Waals surface area contributed by atoms with E-state index in [4.69, 9.17) is 0 Å². The van der Waals surface area contributed by atoms with Gasteiger partial charge >= 0.3 is 0 Å². The van der Waals surface area contributed by atoms with Gasteiger partial charge in [-0.15, -0.1) is 0 Å². The summed E-state index contributed by atoms with van der Waals surface area (Å²) >= 11 is 0. The molecule has 0 bridgehead atoms. The Labute approximate surface area is 215 Å². The van der Waals surface area contributed by atoms with Crippen LogP contribution >= 0.6 is 0 Å². The third-order valence-electron chi connectivity index (χ3n) is 9.45. The number of rotatable bonds is 4. The summed E-state index contributed by atoms with van der Waals surface area (Å²) < 4.78 is 58.7. The normalized spacial score (nSPS) is 23.2. The highest BCUT2D eigenvalue weighted by molar-refractivity contribution is 5.85. The van der Waals surface area contributed by atoms with Crippen molar-refractivity contribution < 1.29 is 17.6 Å². The van der Waals surface area contributed by atoms with Gasteiger partial charge in [0.05, 0.1) is 12.6 Å². The molecule has 3 aromatic rings. The monoisotopic (exact) mass is 513 g/mol. The largest absolute Gasteiger partial charge is 0.357 e. The van der Waals surface area contributed by atoms with Crippen molar-refractivity contribution in [1.29, 1.82) is 0 Å². The zero-order valence-corrected chi connectivity index (χ0v) is 21.4. The number of nitrogens with one attached hydrogen (secondary N) is 1. The number of halogens is 4. The van der Waals surface area contributed by atoms with Crippen LogP contribution in [-0.2, 0) is 6.42 Å². The maximum Gasteiger partial charge on any atom is 0.251 e. The third-order valence-corrected chi connectivity index (χ3v) is 9.45.